The molecule has 1 rings (SSSR count). The summed E-state index contributed by atoms with van der Waals surface area (Å²) in [4.78, 5) is 2.22. The Bertz CT molecular complexity index is 302. The van der Waals surface area contributed by atoms with Gasteiger partial charge in [-0.2, -0.15) is 0 Å². The van der Waals surface area contributed by atoms with E-state index in [1.54, 1.807) is 0 Å². The van der Waals surface area contributed by atoms with Crippen molar-refractivity contribution in [3.63, 3.8) is 0 Å². The maximum atomic E-state index is 11.6. The molecule has 0 saturated heterocycles. The van der Waals surface area contributed by atoms with E-state index < -0.39 is 10.0 Å². The molecule has 0 atom stereocenters. The summed E-state index contributed by atoms with van der Waals surface area (Å²) in [5.41, 5.74) is 0. The quantitative estimate of drug-likeness (QED) is 0.545. The zero-order chi connectivity index (χ0) is 12.7. The van der Waals surface area contributed by atoms with E-state index in [0.717, 1.165) is 19.5 Å². The van der Waals surface area contributed by atoms with Crippen LogP contribution in [0.25, 0.3) is 0 Å². The van der Waals surface area contributed by atoms with Crippen molar-refractivity contribution in [1.29, 1.82) is 0 Å². The molecule has 1 aliphatic carbocycles. The fraction of sp³-hybridized carbons (Fsp3) is 1.00. The lowest BCUT2D eigenvalue weighted by Gasteiger charge is -2.15. The molecule has 0 aromatic rings. The van der Waals surface area contributed by atoms with E-state index in [4.69, 9.17) is 0 Å². The third-order valence-corrected chi connectivity index (χ3v) is 4.32. The van der Waals surface area contributed by atoms with Gasteiger partial charge in [0.25, 0.3) is 0 Å². The summed E-state index contributed by atoms with van der Waals surface area (Å²) < 4.78 is 25.8. The molecule has 0 aliphatic heterocycles. The first kappa shape index (κ1) is 14.9. The van der Waals surface area contributed by atoms with Crippen molar-refractivity contribution >= 4 is 10.0 Å². The van der Waals surface area contributed by atoms with Gasteiger partial charge in [0.05, 0.1) is 5.75 Å². The van der Waals surface area contributed by atoms with E-state index in [2.05, 4.69) is 28.9 Å². The second-order valence-electron chi connectivity index (χ2n) is 4.67. The molecule has 1 fully saturated rings. The van der Waals surface area contributed by atoms with E-state index >= 15 is 0 Å². The number of nitrogens with one attached hydrogen (secondary N) is 2. The largest absolute Gasteiger partial charge is 0.316 e. The van der Waals surface area contributed by atoms with Crippen LogP contribution < -0.4 is 10.0 Å². The zero-order valence-corrected chi connectivity index (χ0v) is 11.7. The minimum Gasteiger partial charge on any atom is -0.316 e. The van der Waals surface area contributed by atoms with Crippen LogP contribution in [0.15, 0.2) is 0 Å². The first-order valence-corrected chi connectivity index (χ1v) is 8.08. The van der Waals surface area contributed by atoms with E-state index in [0.29, 0.717) is 19.1 Å². The van der Waals surface area contributed by atoms with Crippen LogP contribution in [0, 0.1) is 0 Å². The maximum absolute atomic E-state index is 11.6. The molecule has 0 amide bonds. The highest BCUT2D eigenvalue weighted by molar-refractivity contribution is 7.89. The number of hydrogen-bond acceptors (Lipinski definition) is 4. The van der Waals surface area contributed by atoms with E-state index in [1.807, 2.05) is 0 Å². The van der Waals surface area contributed by atoms with Crippen LogP contribution in [0.5, 0.6) is 0 Å². The van der Waals surface area contributed by atoms with Crippen LogP contribution in [-0.4, -0.2) is 58.3 Å². The molecular formula is C11H25N3O2S. The van der Waals surface area contributed by atoms with Crippen LogP contribution in [0.4, 0.5) is 0 Å². The molecule has 17 heavy (non-hydrogen) atoms. The third kappa shape index (κ3) is 6.98. The fourth-order valence-electron chi connectivity index (χ4n) is 1.66. The molecule has 2 N–H and O–H groups in total. The van der Waals surface area contributed by atoms with Crippen LogP contribution in [0.2, 0.25) is 0 Å². The summed E-state index contributed by atoms with van der Waals surface area (Å²) in [6.07, 6.45) is 3.54. The molecular weight excluding hydrogens is 238 g/mol. The van der Waals surface area contributed by atoms with Crippen molar-refractivity contribution in [2.75, 3.05) is 39.0 Å². The number of rotatable bonds is 10. The number of nitrogens with zero attached hydrogens (tertiary/aromatic N) is 1. The van der Waals surface area contributed by atoms with Gasteiger partial charge in [-0.15, -0.1) is 0 Å². The lowest BCUT2D eigenvalue weighted by Crippen LogP contribution is -2.37. The molecule has 0 aromatic heterocycles. The Labute approximate surface area is 105 Å². The predicted molar refractivity (Wildman–Crippen MR) is 70.6 cm³/mol. The Morgan fingerprint density at radius 1 is 1.24 bits per heavy atom. The fourth-order valence-corrected chi connectivity index (χ4v) is 2.62. The van der Waals surface area contributed by atoms with E-state index in [-0.39, 0.29) is 5.75 Å². The maximum Gasteiger partial charge on any atom is 0.212 e. The summed E-state index contributed by atoms with van der Waals surface area (Å²) in [6, 6.07) is 0.686. The van der Waals surface area contributed by atoms with Crippen molar-refractivity contribution in [3.05, 3.63) is 0 Å². The van der Waals surface area contributed by atoms with Crippen molar-refractivity contribution in [2.24, 2.45) is 0 Å². The lowest BCUT2D eigenvalue weighted by atomic mass is 10.5. The summed E-state index contributed by atoms with van der Waals surface area (Å²) in [6.45, 7) is 4.78. The van der Waals surface area contributed by atoms with Gasteiger partial charge in [0.1, 0.15) is 0 Å². The first-order valence-electron chi connectivity index (χ1n) is 6.43. The molecule has 0 radical (unpaired) electrons. The topological polar surface area (TPSA) is 61.4 Å². The monoisotopic (exact) mass is 263 g/mol. The van der Waals surface area contributed by atoms with Gasteiger partial charge < -0.3 is 10.2 Å². The number of hydrogen-bond donors (Lipinski definition) is 2. The molecule has 0 bridgehead atoms. The Hall–Kier alpha value is -0.170. The molecule has 0 aromatic carbocycles. The summed E-state index contributed by atoms with van der Waals surface area (Å²) in [5.74, 6) is 0.167. The Morgan fingerprint density at radius 2 is 1.94 bits per heavy atom. The molecule has 0 heterocycles. The second-order valence-corrected chi connectivity index (χ2v) is 6.60. The molecule has 1 aliphatic rings. The highest BCUT2D eigenvalue weighted by Crippen LogP contribution is 2.24. The van der Waals surface area contributed by atoms with E-state index in [9.17, 15) is 8.42 Å². The normalized spacial score (nSPS) is 16.6. The molecule has 0 spiro atoms. The first-order chi connectivity index (χ1) is 8.05. The average Bonchev–Trinajstić information content (AvgIpc) is 3.08. The standard InChI is InChI=1S/C11H25N3O2S/c1-3-6-12-8-10-17(15,16)13-7-9-14(2)11-4-5-11/h11-13H,3-10H2,1-2H3. The van der Waals surface area contributed by atoms with Gasteiger partial charge in [0.15, 0.2) is 0 Å². The van der Waals surface area contributed by atoms with Crippen molar-refractivity contribution in [2.45, 2.75) is 32.2 Å². The lowest BCUT2D eigenvalue weighted by molar-refractivity contribution is 0.329. The predicted octanol–water partition coefficient (Wildman–Crippen LogP) is -0.000400. The van der Waals surface area contributed by atoms with Gasteiger partial charge in [-0.1, -0.05) is 6.92 Å². The van der Waals surface area contributed by atoms with Gasteiger partial charge in [-0.3, -0.25) is 0 Å². The zero-order valence-electron chi connectivity index (χ0n) is 10.9. The van der Waals surface area contributed by atoms with Crippen LogP contribution >= 0.6 is 0 Å². The smallest absolute Gasteiger partial charge is 0.212 e. The van der Waals surface area contributed by atoms with Gasteiger partial charge in [0, 0.05) is 25.7 Å². The van der Waals surface area contributed by atoms with Crippen molar-refractivity contribution in [1.82, 2.24) is 14.9 Å². The second kappa shape index (κ2) is 7.31. The summed E-state index contributed by atoms with van der Waals surface area (Å²) >= 11 is 0. The Morgan fingerprint density at radius 3 is 2.53 bits per heavy atom. The average molecular weight is 263 g/mol. The van der Waals surface area contributed by atoms with Crippen LogP contribution in [-0.2, 0) is 10.0 Å². The van der Waals surface area contributed by atoms with Crippen molar-refractivity contribution in [3.8, 4) is 0 Å². The van der Waals surface area contributed by atoms with Gasteiger partial charge in [0.2, 0.25) is 10.0 Å². The minimum atomic E-state index is -3.10. The molecule has 5 nitrogen and oxygen atoms in total. The minimum absolute atomic E-state index is 0.167. The highest BCUT2D eigenvalue weighted by Gasteiger charge is 2.25. The molecule has 0 unspecified atom stereocenters. The number of sulfonamides is 1. The van der Waals surface area contributed by atoms with E-state index in [1.165, 1.54) is 12.8 Å². The van der Waals surface area contributed by atoms with Crippen molar-refractivity contribution < 1.29 is 8.42 Å². The third-order valence-electron chi connectivity index (χ3n) is 2.93. The van der Waals surface area contributed by atoms with Crippen LogP contribution in [0.3, 0.4) is 0 Å². The highest BCUT2D eigenvalue weighted by atomic mass is 32.2. The molecule has 6 heteroatoms. The summed E-state index contributed by atoms with van der Waals surface area (Å²) in [7, 11) is -1.05. The van der Waals surface area contributed by atoms with Gasteiger partial charge in [-0.05, 0) is 32.9 Å². The number of likely N-dealkylation sites (N-methyl/N-ethyl adjacent to an activating group) is 1. The Balaban J connectivity index is 2.06. The van der Waals surface area contributed by atoms with Crippen LogP contribution in [0.1, 0.15) is 26.2 Å². The summed E-state index contributed by atoms with van der Waals surface area (Å²) in [5, 5.41) is 3.09. The Kier molecular flexibility index (Phi) is 6.40. The SMILES string of the molecule is CCCNCCS(=O)(=O)NCCN(C)C1CC1. The van der Waals surface area contributed by atoms with Gasteiger partial charge >= 0.3 is 0 Å². The van der Waals surface area contributed by atoms with Gasteiger partial charge in [-0.25, -0.2) is 13.1 Å². The molecule has 102 valence electrons. The molecule has 1 saturated carbocycles.